The smallest absolute Gasteiger partial charge is 0.362 e. The zero-order valence-corrected chi connectivity index (χ0v) is 34.5. The topological polar surface area (TPSA) is 99.1 Å². The third-order valence-electron chi connectivity index (χ3n) is 9.59. The van der Waals surface area contributed by atoms with E-state index in [9.17, 15) is 19.5 Å². The molecule has 0 aliphatic heterocycles. The van der Waals surface area contributed by atoms with E-state index in [1.807, 2.05) is 27.2 Å². The van der Waals surface area contributed by atoms with Crippen LogP contribution in [0.3, 0.4) is 0 Å². The van der Waals surface area contributed by atoms with Crippen LogP contribution in [0.1, 0.15) is 187 Å². The van der Waals surface area contributed by atoms with E-state index in [4.69, 9.17) is 14.2 Å². The van der Waals surface area contributed by atoms with Crippen molar-refractivity contribution >= 4 is 17.9 Å². The van der Waals surface area contributed by atoms with Crippen LogP contribution in [0.25, 0.3) is 0 Å². The Hall–Kier alpha value is -2.19. The van der Waals surface area contributed by atoms with Gasteiger partial charge in [0.25, 0.3) is 0 Å². The van der Waals surface area contributed by atoms with E-state index in [2.05, 4.69) is 32.1 Å². The normalized spacial score (nSPS) is 13.2. The first-order valence-corrected chi connectivity index (χ1v) is 21.4. The third-order valence-corrected chi connectivity index (χ3v) is 9.59. The molecule has 2 unspecified atom stereocenters. The van der Waals surface area contributed by atoms with E-state index in [1.54, 1.807) is 0 Å². The Morgan fingerprint density at radius 2 is 1.00 bits per heavy atom. The average molecular weight is 737 g/mol. The largest absolute Gasteiger partial charge is 0.477 e. The Kier molecular flexibility index (Phi) is 34.3. The second-order valence-electron chi connectivity index (χ2n) is 15.6. The SMILES string of the molecule is CCCCCC/C=C/CCC(=O)OCC(COCCC(C(=O)O)[N+](C)(C)C)OC(=O)CCCCCCCCC/C=C/CCCCCCCCCCC. The predicted octanol–water partition coefficient (Wildman–Crippen LogP) is 11.3. The molecular weight excluding hydrogens is 654 g/mol. The number of aliphatic carboxylic acids is 1. The van der Waals surface area contributed by atoms with Crippen LogP contribution >= 0.6 is 0 Å². The first-order valence-electron chi connectivity index (χ1n) is 21.4. The van der Waals surface area contributed by atoms with Gasteiger partial charge in [0.15, 0.2) is 12.1 Å². The molecular formula is C44H82NO7+. The van der Waals surface area contributed by atoms with Gasteiger partial charge in [-0.15, -0.1) is 0 Å². The number of hydrogen-bond acceptors (Lipinski definition) is 6. The monoisotopic (exact) mass is 737 g/mol. The molecule has 0 aromatic heterocycles. The summed E-state index contributed by atoms with van der Waals surface area (Å²) in [5.41, 5.74) is 0. The molecule has 0 saturated carbocycles. The van der Waals surface area contributed by atoms with Crippen molar-refractivity contribution in [3.63, 3.8) is 0 Å². The van der Waals surface area contributed by atoms with Gasteiger partial charge in [-0.2, -0.15) is 0 Å². The second kappa shape index (κ2) is 35.8. The number of likely N-dealkylation sites (N-methyl/N-ethyl adjacent to an activating group) is 1. The fourth-order valence-electron chi connectivity index (χ4n) is 6.22. The van der Waals surface area contributed by atoms with Gasteiger partial charge in [-0.3, -0.25) is 9.59 Å². The fraction of sp³-hybridized carbons (Fsp3) is 0.841. The number of quaternary nitrogens is 1. The van der Waals surface area contributed by atoms with Gasteiger partial charge in [-0.25, -0.2) is 4.79 Å². The lowest BCUT2D eigenvalue weighted by Gasteiger charge is -2.31. The number of unbranched alkanes of at least 4 members (excludes halogenated alkanes) is 20. The molecule has 1 N–H and O–H groups in total. The van der Waals surface area contributed by atoms with Gasteiger partial charge in [0.1, 0.15) is 6.61 Å². The molecule has 0 rings (SSSR count). The molecule has 0 saturated heterocycles. The minimum atomic E-state index is -0.880. The number of carbonyl (C=O) groups is 3. The third kappa shape index (κ3) is 33.6. The summed E-state index contributed by atoms with van der Waals surface area (Å²) in [6, 6.07) is -0.616. The second-order valence-corrected chi connectivity index (χ2v) is 15.6. The summed E-state index contributed by atoms with van der Waals surface area (Å²) in [6.07, 6.45) is 38.2. The molecule has 0 amide bonds. The van der Waals surface area contributed by atoms with Crippen LogP contribution in [0.4, 0.5) is 0 Å². The molecule has 0 aliphatic rings. The zero-order chi connectivity index (χ0) is 38.5. The first kappa shape index (κ1) is 49.8. The molecule has 0 radical (unpaired) electrons. The van der Waals surface area contributed by atoms with Crippen molar-refractivity contribution < 1.29 is 38.2 Å². The summed E-state index contributed by atoms with van der Waals surface area (Å²) in [5, 5.41) is 9.59. The molecule has 0 bridgehead atoms. The zero-order valence-electron chi connectivity index (χ0n) is 34.5. The Morgan fingerprint density at radius 1 is 0.558 bits per heavy atom. The van der Waals surface area contributed by atoms with Crippen LogP contribution in [0.5, 0.6) is 0 Å². The molecule has 0 fully saturated rings. The van der Waals surface area contributed by atoms with E-state index in [0.717, 1.165) is 25.7 Å². The van der Waals surface area contributed by atoms with Gasteiger partial charge in [-0.05, 0) is 51.4 Å². The average Bonchev–Trinajstić information content (AvgIpc) is 3.09. The number of carboxylic acid groups (broad SMARTS) is 1. The number of ether oxygens (including phenoxy) is 3. The van der Waals surface area contributed by atoms with Crippen LogP contribution in [0.15, 0.2) is 24.3 Å². The fourth-order valence-corrected chi connectivity index (χ4v) is 6.22. The van der Waals surface area contributed by atoms with Crippen molar-refractivity contribution in [1.82, 2.24) is 0 Å². The van der Waals surface area contributed by atoms with E-state index in [0.29, 0.717) is 19.3 Å². The van der Waals surface area contributed by atoms with Gasteiger partial charge in [0.05, 0.1) is 34.4 Å². The van der Waals surface area contributed by atoms with Crippen molar-refractivity contribution in [2.24, 2.45) is 0 Å². The molecule has 0 spiro atoms. The lowest BCUT2D eigenvalue weighted by atomic mass is 10.1. The highest BCUT2D eigenvalue weighted by Gasteiger charge is 2.31. The molecule has 8 nitrogen and oxygen atoms in total. The lowest BCUT2D eigenvalue weighted by Crippen LogP contribution is -2.50. The van der Waals surface area contributed by atoms with Crippen LogP contribution in [0.2, 0.25) is 0 Å². The summed E-state index contributed by atoms with van der Waals surface area (Å²) in [6.45, 7) is 4.65. The van der Waals surface area contributed by atoms with Crippen LogP contribution in [0, 0.1) is 0 Å². The van der Waals surface area contributed by atoms with E-state index < -0.39 is 18.1 Å². The molecule has 0 aromatic rings. The molecule has 0 aromatic carbocycles. The minimum absolute atomic E-state index is 0.0502. The van der Waals surface area contributed by atoms with Gasteiger partial charge in [0, 0.05) is 19.3 Å². The van der Waals surface area contributed by atoms with Crippen molar-refractivity contribution in [3.8, 4) is 0 Å². The molecule has 0 heterocycles. The van der Waals surface area contributed by atoms with Gasteiger partial charge in [-0.1, -0.05) is 141 Å². The summed E-state index contributed by atoms with van der Waals surface area (Å²) in [4.78, 5) is 36.7. The maximum Gasteiger partial charge on any atom is 0.362 e. The van der Waals surface area contributed by atoms with E-state index in [1.165, 1.54) is 122 Å². The van der Waals surface area contributed by atoms with E-state index >= 15 is 0 Å². The highest BCUT2D eigenvalue weighted by atomic mass is 16.6. The number of hydrogen-bond donors (Lipinski definition) is 1. The Balaban J connectivity index is 4.26. The maximum absolute atomic E-state index is 12.7. The standard InChI is InChI=1S/C44H81NO7/c1-6-8-10-12-14-16-17-18-19-20-21-22-23-24-25-26-27-29-31-33-35-43(47)52-40(38-50-37-36-41(44(48)49)45(3,4)5)39-51-42(46)34-32-30-28-15-13-11-9-7-2/h21-22,28,30,40-41H,6-20,23-27,29,31-39H2,1-5H3/p+1/b22-21+,30-28+. The lowest BCUT2D eigenvalue weighted by molar-refractivity contribution is -0.887. The van der Waals surface area contributed by atoms with Crippen molar-refractivity contribution in [2.75, 3.05) is 41.0 Å². The van der Waals surface area contributed by atoms with Crippen LogP contribution in [-0.2, 0) is 28.6 Å². The highest BCUT2D eigenvalue weighted by molar-refractivity contribution is 5.72. The van der Waals surface area contributed by atoms with Gasteiger partial charge >= 0.3 is 17.9 Å². The summed E-state index contributed by atoms with van der Waals surface area (Å²) in [5.74, 6) is -1.53. The summed E-state index contributed by atoms with van der Waals surface area (Å²) >= 11 is 0. The van der Waals surface area contributed by atoms with Crippen molar-refractivity contribution in [1.29, 1.82) is 0 Å². The molecule has 2 atom stereocenters. The first-order chi connectivity index (χ1) is 25.1. The molecule has 0 aliphatic carbocycles. The number of allylic oxidation sites excluding steroid dienone is 4. The maximum atomic E-state index is 12.7. The number of rotatable bonds is 38. The highest BCUT2D eigenvalue weighted by Crippen LogP contribution is 2.14. The Bertz CT molecular complexity index is 911. The predicted molar refractivity (Wildman–Crippen MR) is 215 cm³/mol. The number of carboxylic acids is 1. The van der Waals surface area contributed by atoms with Crippen molar-refractivity contribution in [3.05, 3.63) is 24.3 Å². The van der Waals surface area contributed by atoms with Gasteiger partial charge in [0.2, 0.25) is 0 Å². The molecule has 52 heavy (non-hydrogen) atoms. The van der Waals surface area contributed by atoms with Crippen molar-refractivity contribution in [2.45, 2.75) is 199 Å². The van der Waals surface area contributed by atoms with Gasteiger partial charge < -0.3 is 23.8 Å². The quantitative estimate of drug-likeness (QED) is 0.0291. The molecule has 304 valence electrons. The number of esters is 2. The summed E-state index contributed by atoms with van der Waals surface area (Å²) in [7, 11) is 5.51. The van der Waals surface area contributed by atoms with E-state index in [-0.39, 0.29) is 42.7 Å². The van der Waals surface area contributed by atoms with Crippen LogP contribution < -0.4 is 0 Å². The Labute approximate surface area is 320 Å². The summed E-state index contributed by atoms with van der Waals surface area (Å²) < 4.78 is 17.1. The number of carbonyl (C=O) groups excluding carboxylic acids is 2. The van der Waals surface area contributed by atoms with Crippen LogP contribution in [-0.4, -0.2) is 80.6 Å². The Morgan fingerprint density at radius 3 is 1.48 bits per heavy atom. The molecule has 8 heteroatoms. The minimum Gasteiger partial charge on any atom is -0.477 e. The number of nitrogens with zero attached hydrogens (tertiary/aromatic N) is 1.